The van der Waals surface area contributed by atoms with Gasteiger partial charge in [-0.2, -0.15) is 0 Å². The standard InChI is InChI=1S/C48H84N4O8/c53-45(54)29-9-1-25(2-10-29)41-33-17-19-35(49-33)42(26-3-11-30(12-4-26)46(55)56)37-21-23-39(51-37)44(28-7-15-32(16-8-28)48(59)60)40-24-22-38(52-40)43(36-20-18-34(41)50-36)27-5-13-31(14-6-27)47(57)58/h25-60H,1-24H2. The van der Waals surface area contributed by atoms with Crippen molar-refractivity contribution < 1.29 is 40.9 Å². The van der Waals surface area contributed by atoms with Crippen LogP contribution in [0.2, 0.25) is 0 Å². The minimum Gasteiger partial charge on any atom is -0.368 e. The molecule has 8 atom stereocenters. The van der Waals surface area contributed by atoms with E-state index in [1.807, 2.05) is 0 Å². The van der Waals surface area contributed by atoms with E-state index in [2.05, 4.69) is 21.3 Å². The van der Waals surface area contributed by atoms with Gasteiger partial charge in [-0.05, 0) is 201 Å². The molecule has 0 aromatic carbocycles. The Hall–Kier alpha value is -0.480. The van der Waals surface area contributed by atoms with Gasteiger partial charge in [-0.3, -0.25) is 0 Å². The minimum atomic E-state index is -1.23. The number of hydrogen-bond donors (Lipinski definition) is 12. The molecule has 4 aliphatic carbocycles. The molecule has 0 aromatic rings. The number of aliphatic hydroxyl groups excluding tert-OH is 4. The first-order valence-corrected chi connectivity index (χ1v) is 25.5. The summed E-state index contributed by atoms with van der Waals surface area (Å²) in [4.78, 5) is 0. The molecule has 5 aliphatic heterocycles. The van der Waals surface area contributed by atoms with Gasteiger partial charge in [0.2, 0.25) is 0 Å². The van der Waals surface area contributed by atoms with E-state index >= 15 is 0 Å². The number of rotatable bonds is 8. The van der Waals surface area contributed by atoms with Crippen molar-refractivity contribution >= 4 is 0 Å². The molecule has 12 N–H and O–H groups in total. The maximum absolute atomic E-state index is 10.2. The Bertz CT molecular complexity index is 1100. The molecule has 0 spiro atoms. The Labute approximate surface area is 359 Å². The highest BCUT2D eigenvalue weighted by Gasteiger charge is 2.53. The lowest BCUT2D eigenvalue weighted by atomic mass is 9.70. The van der Waals surface area contributed by atoms with Crippen LogP contribution in [0.25, 0.3) is 0 Å². The summed E-state index contributed by atoms with van der Waals surface area (Å²) in [6.07, 6.45) is 19.8. The molecule has 12 nitrogen and oxygen atoms in total. The van der Waals surface area contributed by atoms with Crippen LogP contribution in [0.4, 0.5) is 0 Å². The van der Waals surface area contributed by atoms with Crippen molar-refractivity contribution in [1.82, 2.24) is 21.3 Å². The van der Waals surface area contributed by atoms with Crippen LogP contribution in [0.15, 0.2) is 0 Å². The second-order valence-corrected chi connectivity index (χ2v) is 22.5. The number of nitrogens with one attached hydrogen (secondary N) is 4. The van der Waals surface area contributed by atoms with Gasteiger partial charge in [0.1, 0.15) is 0 Å². The van der Waals surface area contributed by atoms with Gasteiger partial charge >= 0.3 is 0 Å². The maximum atomic E-state index is 10.2. The van der Waals surface area contributed by atoms with Crippen molar-refractivity contribution in [2.75, 3.05) is 0 Å². The lowest BCUT2D eigenvalue weighted by Crippen LogP contribution is -2.57. The highest BCUT2D eigenvalue weighted by atomic mass is 16.5. The Balaban J connectivity index is 1.04. The van der Waals surface area contributed by atoms with Crippen LogP contribution in [-0.4, -0.2) is 114 Å². The van der Waals surface area contributed by atoms with Gasteiger partial charge in [0.05, 0.1) is 0 Å². The number of fused-ring (bicyclic) bond motifs is 8. The summed E-state index contributed by atoms with van der Waals surface area (Å²) < 4.78 is 0. The minimum absolute atomic E-state index is 0.0298. The normalized spacial score (nSPS) is 49.4. The summed E-state index contributed by atoms with van der Waals surface area (Å²) in [6, 6.07) is 3.29. The molecule has 5 heterocycles. The molecule has 344 valence electrons. The van der Waals surface area contributed by atoms with Crippen LogP contribution in [0.5, 0.6) is 0 Å². The third-order valence-electron chi connectivity index (χ3n) is 19.7. The Morgan fingerprint density at radius 1 is 0.217 bits per heavy atom. The Morgan fingerprint density at radius 3 is 0.500 bits per heavy atom. The van der Waals surface area contributed by atoms with Crippen molar-refractivity contribution in [2.24, 2.45) is 71.0 Å². The summed E-state index contributed by atoms with van der Waals surface area (Å²) in [5.74, 6) is 3.97. The molecule has 9 fully saturated rings. The van der Waals surface area contributed by atoms with E-state index in [1.54, 1.807) is 0 Å². The third-order valence-corrected chi connectivity index (χ3v) is 19.7. The van der Waals surface area contributed by atoms with E-state index in [4.69, 9.17) is 0 Å². The number of aliphatic hydroxyl groups is 8. The molecular formula is C48H84N4O8. The lowest BCUT2D eigenvalue weighted by molar-refractivity contribution is -0.0988. The zero-order valence-corrected chi connectivity index (χ0v) is 36.4. The zero-order valence-electron chi connectivity index (χ0n) is 36.4. The SMILES string of the molecule is OC(O)C1CCC(C2C3CCC(N3)C(C3CCC(C(O)O)CC3)C3CCC(N3)C(C3CCC(C(O)O)CC3)C3CCC(N3)C(C3CCC(C(O)O)CC3)C3CCC2N3)CC1. The third kappa shape index (κ3) is 9.44. The predicted octanol–water partition coefficient (Wildman–Crippen LogP) is 3.42. The van der Waals surface area contributed by atoms with Gasteiger partial charge < -0.3 is 62.1 Å². The Morgan fingerprint density at radius 2 is 0.367 bits per heavy atom. The van der Waals surface area contributed by atoms with E-state index in [0.29, 0.717) is 95.7 Å². The molecule has 8 unspecified atom stereocenters. The van der Waals surface area contributed by atoms with E-state index in [0.717, 1.165) is 103 Å². The van der Waals surface area contributed by atoms with Crippen LogP contribution in [0, 0.1) is 71.0 Å². The van der Waals surface area contributed by atoms with Gasteiger partial charge in [-0.25, -0.2) is 0 Å². The molecule has 9 aliphatic rings. The highest BCUT2D eigenvalue weighted by Crippen LogP contribution is 2.50. The average Bonchev–Trinajstić information content (AvgIpc) is 4.10. The summed E-state index contributed by atoms with van der Waals surface area (Å²) in [6.45, 7) is 0. The van der Waals surface area contributed by atoms with Gasteiger partial charge in [-0.15, -0.1) is 0 Å². The predicted molar refractivity (Wildman–Crippen MR) is 228 cm³/mol. The maximum Gasteiger partial charge on any atom is 0.154 e. The summed E-state index contributed by atoms with van der Waals surface area (Å²) in [7, 11) is 0. The Kier molecular flexibility index (Phi) is 14.6. The van der Waals surface area contributed by atoms with E-state index in [1.165, 1.54) is 51.4 Å². The molecule has 4 saturated carbocycles. The molecular weight excluding hydrogens is 761 g/mol. The molecule has 0 amide bonds. The second kappa shape index (κ2) is 19.5. The smallest absolute Gasteiger partial charge is 0.154 e. The monoisotopic (exact) mass is 845 g/mol. The topological polar surface area (TPSA) is 210 Å². The summed E-state index contributed by atoms with van der Waals surface area (Å²) in [5, 5.41) is 98.9. The molecule has 5 saturated heterocycles. The molecule has 8 bridgehead atoms. The number of hydrogen-bond acceptors (Lipinski definition) is 12. The fourth-order valence-electron chi connectivity index (χ4n) is 16.7. The molecule has 60 heavy (non-hydrogen) atoms. The quantitative estimate of drug-likeness (QED) is 0.159. The van der Waals surface area contributed by atoms with E-state index in [9.17, 15) is 40.9 Å². The van der Waals surface area contributed by atoms with Crippen molar-refractivity contribution in [3.8, 4) is 0 Å². The summed E-state index contributed by atoms with van der Waals surface area (Å²) >= 11 is 0. The van der Waals surface area contributed by atoms with Gasteiger partial charge in [0, 0.05) is 72.0 Å². The second-order valence-electron chi connectivity index (χ2n) is 22.5. The van der Waals surface area contributed by atoms with Gasteiger partial charge in [0.15, 0.2) is 25.2 Å². The van der Waals surface area contributed by atoms with Crippen LogP contribution in [-0.2, 0) is 0 Å². The largest absolute Gasteiger partial charge is 0.368 e. The van der Waals surface area contributed by atoms with E-state index < -0.39 is 25.2 Å². The molecule has 12 heteroatoms. The zero-order chi connectivity index (χ0) is 41.7. The first kappa shape index (κ1) is 44.7. The van der Waals surface area contributed by atoms with Crippen LogP contribution >= 0.6 is 0 Å². The summed E-state index contributed by atoms with van der Waals surface area (Å²) in [5.41, 5.74) is 0. The molecule has 0 aromatic heterocycles. The average molecular weight is 845 g/mol. The van der Waals surface area contributed by atoms with Crippen molar-refractivity contribution in [1.29, 1.82) is 0 Å². The molecule has 0 radical (unpaired) electrons. The first-order valence-electron chi connectivity index (χ1n) is 25.5. The van der Waals surface area contributed by atoms with Crippen LogP contribution < -0.4 is 21.3 Å². The van der Waals surface area contributed by atoms with Crippen molar-refractivity contribution in [2.45, 2.75) is 228 Å². The fourth-order valence-corrected chi connectivity index (χ4v) is 16.7. The first-order chi connectivity index (χ1) is 29.0. The lowest BCUT2D eigenvalue weighted by Gasteiger charge is -2.45. The van der Waals surface area contributed by atoms with Crippen molar-refractivity contribution in [3.05, 3.63) is 0 Å². The van der Waals surface area contributed by atoms with Crippen LogP contribution in [0.3, 0.4) is 0 Å². The van der Waals surface area contributed by atoms with E-state index in [-0.39, 0.29) is 23.7 Å². The van der Waals surface area contributed by atoms with Gasteiger partial charge in [-0.1, -0.05) is 0 Å². The van der Waals surface area contributed by atoms with Gasteiger partial charge in [0.25, 0.3) is 0 Å². The fraction of sp³-hybridized carbons (Fsp3) is 1.00. The van der Waals surface area contributed by atoms with Crippen LogP contribution in [0.1, 0.15) is 154 Å². The van der Waals surface area contributed by atoms with Crippen molar-refractivity contribution in [3.63, 3.8) is 0 Å². The highest BCUT2D eigenvalue weighted by molar-refractivity contribution is 5.10. The molecule has 9 rings (SSSR count).